The largest absolute Gasteiger partial charge is 0.346 e. The summed E-state index contributed by atoms with van der Waals surface area (Å²) in [6.07, 6.45) is 13.5. The fraction of sp³-hybridized carbons (Fsp3) is 0.545. The predicted octanol–water partition coefficient (Wildman–Crippen LogP) is 5.69. The summed E-state index contributed by atoms with van der Waals surface area (Å²) >= 11 is 0. The topological polar surface area (TPSA) is 4.93 Å². The maximum absolute atomic E-state index is 2.67. The van der Waals surface area contributed by atoms with Crippen LogP contribution >= 0.6 is 0 Å². The lowest BCUT2D eigenvalue weighted by Gasteiger charge is -2.38. The summed E-state index contributed by atoms with van der Waals surface area (Å²) in [6.45, 7) is 2.32. The molecule has 1 nitrogen and oxygen atoms in total. The minimum atomic E-state index is 0.355. The van der Waals surface area contributed by atoms with Gasteiger partial charge in [0, 0.05) is 35.0 Å². The number of hydrogen-bond donors (Lipinski definition) is 0. The molecular formula is C22H27N. The number of hydrogen-bond acceptors (Lipinski definition) is 0. The molecule has 1 heteroatoms. The highest BCUT2D eigenvalue weighted by Crippen LogP contribution is 2.63. The lowest BCUT2D eigenvalue weighted by atomic mass is 9.67. The molecule has 120 valence electrons. The van der Waals surface area contributed by atoms with Crippen LogP contribution < -0.4 is 0 Å². The van der Waals surface area contributed by atoms with E-state index in [-0.39, 0.29) is 0 Å². The third kappa shape index (κ3) is 1.80. The van der Waals surface area contributed by atoms with E-state index in [4.69, 9.17) is 0 Å². The molecule has 0 bridgehead atoms. The normalized spacial score (nSPS) is 25.7. The first-order valence-electron chi connectivity index (χ1n) is 9.54. The van der Waals surface area contributed by atoms with Crippen molar-refractivity contribution in [2.45, 2.75) is 56.8 Å². The van der Waals surface area contributed by atoms with Gasteiger partial charge in [0.05, 0.1) is 0 Å². The Balaban J connectivity index is 1.82. The van der Waals surface area contributed by atoms with E-state index >= 15 is 0 Å². The second kappa shape index (κ2) is 4.75. The molecule has 5 rings (SSSR count). The van der Waals surface area contributed by atoms with Crippen LogP contribution in [0.1, 0.15) is 62.6 Å². The van der Waals surface area contributed by atoms with E-state index in [0.717, 1.165) is 11.8 Å². The van der Waals surface area contributed by atoms with Gasteiger partial charge in [-0.2, -0.15) is 0 Å². The van der Waals surface area contributed by atoms with Crippen LogP contribution in [0.15, 0.2) is 36.4 Å². The van der Waals surface area contributed by atoms with Gasteiger partial charge in [-0.1, -0.05) is 43.7 Å². The summed E-state index contributed by atoms with van der Waals surface area (Å²) in [7, 11) is 2.32. The van der Waals surface area contributed by atoms with E-state index in [1.165, 1.54) is 49.4 Å². The van der Waals surface area contributed by atoms with Crippen molar-refractivity contribution in [3.63, 3.8) is 0 Å². The monoisotopic (exact) mass is 305 g/mol. The second-order valence-corrected chi connectivity index (χ2v) is 8.07. The third-order valence-corrected chi connectivity index (χ3v) is 6.64. The SMILES string of the molecule is CCCC1C=CC(C2CC2)(C2CC2)c2c1c1ccccc1n2C. The number of allylic oxidation sites excluding steroid dienone is 2. The summed E-state index contributed by atoms with van der Waals surface area (Å²) in [6, 6.07) is 9.10. The Bertz CT molecular complexity index is 774. The highest BCUT2D eigenvalue weighted by molar-refractivity contribution is 5.87. The van der Waals surface area contributed by atoms with Gasteiger partial charge in [-0.05, 0) is 55.6 Å². The molecule has 3 aliphatic carbocycles. The highest BCUT2D eigenvalue weighted by atomic mass is 15.0. The molecule has 1 aromatic carbocycles. The van der Waals surface area contributed by atoms with Gasteiger partial charge in [-0.3, -0.25) is 0 Å². The van der Waals surface area contributed by atoms with Crippen LogP contribution in [0.4, 0.5) is 0 Å². The molecule has 3 aliphatic rings. The van der Waals surface area contributed by atoms with Gasteiger partial charge < -0.3 is 4.57 Å². The van der Waals surface area contributed by atoms with Crippen molar-refractivity contribution in [2.75, 3.05) is 0 Å². The van der Waals surface area contributed by atoms with E-state index in [9.17, 15) is 0 Å². The molecule has 23 heavy (non-hydrogen) atoms. The van der Waals surface area contributed by atoms with Crippen molar-refractivity contribution in [2.24, 2.45) is 18.9 Å². The minimum Gasteiger partial charge on any atom is -0.346 e. The van der Waals surface area contributed by atoms with Gasteiger partial charge in [0.15, 0.2) is 0 Å². The average molecular weight is 305 g/mol. The lowest BCUT2D eigenvalue weighted by Crippen LogP contribution is -2.35. The highest BCUT2D eigenvalue weighted by Gasteiger charge is 2.57. The zero-order valence-corrected chi connectivity index (χ0v) is 14.4. The molecule has 0 radical (unpaired) electrons. The number of nitrogens with zero attached hydrogens (tertiary/aromatic N) is 1. The van der Waals surface area contributed by atoms with E-state index in [0.29, 0.717) is 11.3 Å². The Morgan fingerprint density at radius 2 is 1.78 bits per heavy atom. The van der Waals surface area contributed by atoms with Crippen LogP contribution in [-0.2, 0) is 12.5 Å². The molecule has 1 aromatic heterocycles. The Morgan fingerprint density at radius 3 is 2.43 bits per heavy atom. The van der Waals surface area contributed by atoms with E-state index in [1.807, 2.05) is 0 Å². The number of benzene rings is 1. The lowest BCUT2D eigenvalue weighted by molar-refractivity contribution is 0.371. The summed E-state index contributed by atoms with van der Waals surface area (Å²) < 4.78 is 2.56. The molecule has 0 saturated heterocycles. The molecule has 1 atom stereocenters. The molecule has 0 N–H and O–H groups in total. The number of rotatable bonds is 4. The molecule has 0 amide bonds. The smallest absolute Gasteiger partial charge is 0.0483 e. The molecule has 2 aromatic rings. The van der Waals surface area contributed by atoms with Crippen molar-refractivity contribution >= 4 is 10.9 Å². The molecule has 0 spiro atoms. The predicted molar refractivity (Wildman–Crippen MR) is 96.8 cm³/mol. The van der Waals surface area contributed by atoms with Crippen LogP contribution in [0.25, 0.3) is 10.9 Å². The number of aryl methyl sites for hydroxylation is 1. The van der Waals surface area contributed by atoms with Crippen LogP contribution in [0.2, 0.25) is 0 Å². The minimum absolute atomic E-state index is 0.355. The molecule has 2 fully saturated rings. The quantitative estimate of drug-likeness (QED) is 0.639. The Morgan fingerprint density at radius 1 is 1.09 bits per heavy atom. The van der Waals surface area contributed by atoms with E-state index < -0.39 is 0 Å². The van der Waals surface area contributed by atoms with E-state index in [1.54, 1.807) is 11.3 Å². The van der Waals surface area contributed by atoms with Gasteiger partial charge in [0.2, 0.25) is 0 Å². The van der Waals surface area contributed by atoms with Crippen molar-refractivity contribution in [3.8, 4) is 0 Å². The third-order valence-electron chi connectivity index (χ3n) is 6.64. The zero-order chi connectivity index (χ0) is 15.6. The van der Waals surface area contributed by atoms with Crippen LogP contribution in [0.3, 0.4) is 0 Å². The molecule has 1 unspecified atom stereocenters. The van der Waals surface area contributed by atoms with Gasteiger partial charge in [0.25, 0.3) is 0 Å². The van der Waals surface area contributed by atoms with Crippen molar-refractivity contribution in [3.05, 3.63) is 47.7 Å². The molecule has 1 heterocycles. The van der Waals surface area contributed by atoms with Gasteiger partial charge >= 0.3 is 0 Å². The first-order chi connectivity index (χ1) is 11.3. The van der Waals surface area contributed by atoms with Gasteiger partial charge in [-0.15, -0.1) is 0 Å². The summed E-state index contributed by atoms with van der Waals surface area (Å²) in [4.78, 5) is 0. The average Bonchev–Trinajstić information content (AvgIpc) is 3.47. The Labute approximate surface area is 139 Å². The maximum Gasteiger partial charge on any atom is 0.0483 e. The molecule has 0 aliphatic heterocycles. The standard InChI is InChI=1S/C22H27N/c1-3-6-15-13-14-22(16-9-10-16,17-11-12-17)21-20(15)18-7-4-5-8-19(18)23(21)2/h4-5,7-8,13-17H,3,6,9-12H2,1-2H3. The maximum atomic E-state index is 2.67. The fourth-order valence-electron chi connectivity index (χ4n) is 5.44. The van der Waals surface area contributed by atoms with Gasteiger partial charge in [0.1, 0.15) is 0 Å². The van der Waals surface area contributed by atoms with Crippen molar-refractivity contribution < 1.29 is 0 Å². The van der Waals surface area contributed by atoms with Crippen molar-refractivity contribution in [1.82, 2.24) is 4.57 Å². The number of aromatic nitrogens is 1. The zero-order valence-electron chi connectivity index (χ0n) is 14.4. The summed E-state index contributed by atoms with van der Waals surface area (Å²) in [5.41, 5.74) is 5.15. The first kappa shape index (κ1) is 13.9. The molecule has 2 saturated carbocycles. The molecular weight excluding hydrogens is 278 g/mol. The van der Waals surface area contributed by atoms with Crippen LogP contribution in [0, 0.1) is 11.8 Å². The fourth-order valence-corrected chi connectivity index (χ4v) is 5.44. The van der Waals surface area contributed by atoms with Crippen molar-refractivity contribution in [1.29, 1.82) is 0 Å². The summed E-state index contributed by atoms with van der Waals surface area (Å²) in [5, 5.41) is 1.51. The summed E-state index contributed by atoms with van der Waals surface area (Å²) in [5.74, 6) is 2.41. The first-order valence-corrected chi connectivity index (χ1v) is 9.54. The number of para-hydroxylation sites is 1. The number of fused-ring (bicyclic) bond motifs is 3. The van der Waals surface area contributed by atoms with Crippen LogP contribution in [0.5, 0.6) is 0 Å². The Kier molecular flexibility index (Phi) is 2.87. The second-order valence-electron chi connectivity index (χ2n) is 8.07. The Hall–Kier alpha value is -1.50. The van der Waals surface area contributed by atoms with E-state index in [2.05, 4.69) is 55.0 Å². The van der Waals surface area contributed by atoms with Gasteiger partial charge in [-0.25, -0.2) is 0 Å². The van der Waals surface area contributed by atoms with Crippen LogP contribution in [-0.4, -0.2) is 4.57 Å².